The van der Waals surface area contributed by atoms with Crippen LogP contribution in [0.3, 0.4) is 0 Å². The van der Waals surface area contributed by atoms with Crippen molar-refractivity contribution in [2.45, 2.75) is 103 Å². The van der Waals surface area contributed by atoms with Gasteiger partial charge in [-0.25, -0.2) is 0 Å². The first kappa shape index (κ1) is 62.7. The lowest BCUT2D eigenvalue weighted by molar-refractivity contribution is 0.332. The Morgan fingerprint density at radius 1 is 0.226 bits per heavy atom. The van der Waals surface area contributed by atoms with Crippen molar-refractivity contribution in [2.24, 2.45) is 0 Å². The molecule has 3 aromatic heterocycles. The monoisotopic (exact) mass is 1360 g/mol. The Morgan fingerprint density at radius 3 is 0.943 bits per heavy atom. The third-order valence-electron chi connectivity index (χ3n) is 25.4. The molecule has 4 aliphatic rings. The van der Waals surface area contributed by atoms with Crippen molar-refractivity contribution in [3.05, 3.63) is 326 Å². The molecule has 510 valence electrons. The summed E-state index contributed by atoms with van der Waals surface area (Å²) >= 11 is 0. The van der Waals surface area contributed by atoms with Gasteiger partial charge in [-0.3, -0.25) is 0 Å². The van der Waals surface area contributed by atoms with E-state index in [4.69, 9.17) is 0 Å². The Morgan fingerprint density at radius 2 is 0.528 bits per heavy atom. The zero-order valence-electron chi connectivity index (χ0n) is 61.5. The van der Waals surface area contributed by atoms with Crippen molar-refractivity contribution in [1.29, 1.82) is 0 Å². The SMILES string of the molecule is CC1(C)CCC(C)(C)c2cc(-c3ccc(N4c5cc(-n6c7ccccc7c7ccccc76)ccc5B5c6ccc(-n7c8ccccc8c8ccccc87)cc6N(c6ccc(-c7ccc8c(c7)C(C)(C)CCC8(C)C)cc6)c6cc(-n7c8ccccc8c8cc(-c9ccccc9)ccc87)cc4c65)cc3)ccc21. The molecule has 0 saturated heterocycles. The Labute approximate surface area is 621 Å². The molecule has 0 bridgehead atoms. The topological polar surface area (TPSA) is 21.3 Å². The third-order valence-corrected chi connectivity index (χ3v) is 25.4. The minimum Gasteiger partial charge on any atom is -0.311 e. The summed E-state index contributed by atoms with van der Waals surface area (Å²) in [5.74, 6) is 0. The van der Waals surface area contributed by atoms with E-state index in [1.165, 1.54) is 139 Å². The second kappa shape index (κ2) is 22.8. The zero-order chi connectivity index (χ0) is 71.3. The first-order valence-electron chi connectivity index (χ1n) is 38.2. The standard InChI is InChI=1S/C100H82BN5/c1-97(2)52-54-99(5,6)82-57-67(38-47-80(82)97)64-34-41-69(42-35-64)102-92-59-71(104-86-29-17-12-24-74(86)75-25-13-18-30-87(75)104)45-49-84(92)101-85-50-46-72(105-88-31-19-14-26-76(88)77-27-15-20-32-89(77)105)60-93(85)103(70-43-36-65(37-44-70)68-39-48-81-83(58-68)100(7,8)55-53-98(81,3)4)95-62-73(61-94(102)96(95)101)106-90-33-21-16-28-78(90)79-56-66(40-51-91(79)106)63-22-10-9-11-23-63/h9-51,56-62H,52-55H2,1-8H3. The lowest BCUT2D eigenvalue weighted by atomic mass is 9.33. The Bertz CT molecular complexity index is 6110. The van der Waals surface area contributed by atoms with Gasteiger partial charge in [-0.05, 0) is 222 Å². The van der Waals surface area contributed by atoms with Gasteiger partial charge in [0.05, 0.1) is 38.8 Å². The molecule has 5 heterocycles. The Kier molecular flexibility index (Phi) is 13.5. The highest BCUT2D eigenvalue weighted by atomic mass is 15.2. The average molecular weight is 1360 g/mol. The van der Waals surface area contributed by atoms with Crippen LogP contribution in [0.5, 0.6) is 0 Å². The van der Waals surface area contributed by atoms with Crippen molar-refractivity contribution >= 4 is 123 Å². The minimum atomic E-state index is -0.188. The molecular formula is C100H82BN5. The van der Waals surface area contributed by atoms with E-state index in [9.17, 15) is 0 Å². The van der Waals surface area contributed by atoms with Crippen LogP contribution in [0.4, 0.5) is 34.1 Å². The van der Waals surface area contributed by atoms with E-state index in [0.29, 0.717) is 0 Å². The van der Waals surface area contributed by atoms with Crippen LogP contribution >= 0.6 is 0 Å². The summed E-state index contributed by atoms with van der Waals surface area (Å²) < 4.78 is 7.54. The lowest BCUT2D eigenvalue weighted by Crippen LogP contribution is -2.61. The number of para-hydroxylation sites is 5. The molecule has 106 heavy (non-hydrogen) atoms. The number of fused-ring (bicyclic) bond motifs is 15. The van der Waals surface area contributed by atoms with E-state index < -0.39 is 0 Å². The van der Waals surface area contributed by atoms with Crippen LogP contribution in [-0.4, -0.2) is 20.4 Å². The minimum absolute atomic E-state index is 0.0747. The van der Waals surface area contributed by atoms with E-state index in [1.54, 1.807) is 0 Å². The van der Waals surface area contributed by atoms with Gasteiger partial charge in [-0.1, -0.05) is 256 Å². The number of anilines is 6. The van der Waals surface area contributed by atoms with Gasteiger partial charge in [0.2, 0.25) is 0 Å². The van der Waals surface area contributed by atoms with Crippen LogP contribution in [0.25, 0.3) is 116 Å². The summed E-state index contributed by atoms with van der Waals surface area (Å²) in [6.07, 6.45) is 4.69. The van der Waals surface area contributed by atoms with Gasteiger partial charge in [0, 0.05) is 77.8 Å². The fourth-order valence-corrected chi connectivity index (χ4v) is 19.5. The Balaban J connectivity index is 0.853. The lowest BCUT2D eigenvalue weighted by Gasteiger charge is -2.44. The fourth-order valence-electron chi connectivity index (χ4n) is 19.5. The molecule has 2 aliphatic carbocycles. The van der Waals surface area contributed by atoms with Crippen LogP contribution in [-0.2, 0) is 21.7 Å². The van der Waals surface area contributed by atoms with Gasteiger partial charge in [0.15, 0.2) is 0 Å². The summed E-state index contributed by atoms with van der Waals surface area (Å²) in [5, 5.41) is 7.38. The average Bonchev–Trinajstić information content (AvgIpc) is 0.841. The number of aromatic nitrogens is 3. The van der Waals surface area contributed by atoms with Crippen LogP contribution < -0.4 is 26.2 Å². The summed E-state index contributed by atoms with van der Waals surface area (Å²) in [6.45, 7) is 19.3. The van der Waals surface area contributed by atoms with E-state index >= 15 is 0 Å². The highest BCUT2D eigenvalue weighted by Crippen LogP contribution is 2.52. The second-order valence-corrected chi connectivity index (χ2v) is 33.3. The van der Waals surface area contributed by atoms with Gasteiger partial charge in [-0.15, -0.1) is 0 Å². The van der Waals surface area contributed by atoms with Gasteiger partial charge < -0.3 is 23.5 Å². The molecule has 17 aromatic rings. The van der Waals surface area contributed by atoms with Crippen LogP contribution in [0, 0.1) is 0 Å². The molecule has 21 rings (SSSR count). The maximum atomic E-state index is 2.63. The van der Waals surface area contributed by atoms with E-state index in [2.05, 4.69) is 382 Å². The van der Waals surface area contributed by atoms with Gasteiger partial charge >= 0.3 is 0 Å². The molecule has 0 atom stereocenters. The molecule has 0 radical (unpaired) electrons. The molecule has 0 fully saturated rings. The largest absolute Gasteiger partial charge is 0.311 e. The van der Waals surface area contributed by atoms with Crippen LogP contribution in [0.15, 0.2) is 303 Å². The quantitative estimate of drug-likeness (QED) is 0.141. The number of hydrogen-bond donors (Lipinski definition) is 0. The number of benzene rings is 14. The van der Waals surface area contributed by atoms with E-state index in [1.807, 2.05) is 0 Å². The maximum absolute atomic E-state index is 2.63. The van der Waals surface area contributed by atoms with Crippen molar-refractivity contribution in [3.8, 4) is 50.4 Å². The second-order valence-electron chi connectivity index (χ2n) is 33.3. The first-order chi connectivity index (χ1) is 51.5. The first-order valence-corrected chi connectivity index (χ1v) is 38.2. The number of nitrogens with zero attached hydrogens (tertiary/aromatic N) is 5. The molecule has 0 saturated carbocycles. The summed E-state index contributed by atoms with van der Waals surface area (Å²) in [7, 11) is 0. The molecule has 2 aliphatic heterocycles. The summed E-state index contributed by atoms with van der Waals surface area (Å²) in [5.41, 5.74) is 34.4. The smallest absolute Gasteiger partial charge is 0.252 e. The molecule has 0 amide bonds. The van der Waals surface area contributed by atoms with E-state index in [0.717, 1.165) is 75.1 Å². The summed E-state index contributed by atoms with van der Waals surface area (Å²) in [6, 6.07) is 116. The fraction of sp³-hybridized carbons (Fsp3) is 0.160. The molecule has 14 aromatic carbocycles. The number of rotatable bonds is 8. The molecule has 0 unspecified atom stereocenters. The van der Waals surface area contributed by atoms with Gasteiger partial charge in [0.25, 0.3) is 6.71 Å². The van der Waals surface area contributed by atoms with Gasteiger partial charge in [0.1, 0.15) is 0 Å². The van der Waals surface area contributed by atoms with E-state index in [-0.39, 0.29) is 28.4 Å². The number of hydrogen-bond acceptors (Lipinski definition) is 2. The molecule has 5 nitrogen and oxygen atoms in total. The zero-order valence-corrected chi connectivity index (χ0v) is 61.5. The molecule has 0 N–H and O–H groups in total. The van der Waals surface area contributed by atoms with Gasteiger partial charge in [-0.2, -0.15) is 0 Å². The normalized spacial score (nSPS) is 15.8. The van der Waals surface area contributed by atoms with Crippen LogP contribution in [0.2, 0.25) is 0 Å². The predicted octanol–water partition coefficient (Wildman–Crippen LogP) is 24.8. The van der Waals surface area contributed by atoms with Crippen molar-refractivity contribution in [3.63, 3.8) is 0 Å². The maximum Gasteiger partial charge on any atom is 0.252 e. The van der Waals surface area contributed by atoms with Crippen molar-refractivity contribution in [2.75, 3.05) is 9.80 Å². The highest BCUT2D eigenvalue weighted by molar-refractivity contribution is 7.00. The molecular weight excluding hydrogens is 1280 g/mol. The predicted molar refractivity (Wildman–Crippen MR) is 450 cm³/mol. The van der Waals surface area contributed by atoms with Crippen molar-refractivity contribution in [1.82, 2.24) is 13.7 Å². The van der Waals surface area contributed by atoms with Crippen LogP contribution in [0.1, 0.15) is 103 Å². The third kappa shape index (κ3) is 9.35. The Hall–Kier alpha value is -11.9. The highest BCUT2D eigenvalue weighted by Gasteiger charge is 2.45. The van der Waals surface area contributed by atoms with Crippen molar-refractivity contribution < 1.29 is 0 Å². The molecule has 6 heteroatoms. The summed E-state index contributed by atoms with van der Waals surface area (Å²) in [4.78, 5) is 5.26. The molecule has 0 spiro atoms.